The Hall–Kier alpha value is -1.78. The summed E-state index contributed by atoms with van der Waals surface area (Å²) in [5.74, 6) is -0.269. The molecule has 0 aliphatic carbocycles. The van der Waals surface area contributed by atoms with E-state index in [0.717, 1.165) is 10.5 Å². The first-order valence-corrected chi connectivity index (χ1v) is 7.82. The third kappa shape index (κ3) is 4.62. The maximum atomic E-state index is 11.3. The van der Waals surface area contributed by atoms with Gasteiger partial charge in [0, 0.05) is 10.6 Å². The number of esters is 1. The Morgan fingerprint density at radius 1 is 1.10 bits per heavy atom. The molecule has 0 aliphatic heterocycles. The second kappa shape index (κ2) is 7.86. The minimum absolute atomic E-state index is 0.284. The first kappa shape index (κ1) is 15.6. The van der Waals surface area contributed by atoms with Crippen molar-refractivity contribution in [2.45, 2.75) is 17.9 Å². The van der Waals surface area contributed by atoms with Gasteiger partial charge >= 0.3 is 5.97 Å². The number of carbonyl (C=O) groups excluding carboxylic acids is 1. The molecule has 1 atom stereocenters. The summed E-state index contributed by atoms with van der Waals surface area (Å²) in [5.41, 5.74) is 2.31. The molecule has 21 heavy (non-hydrogen) atoms. The highest BCUT2D eigenvalue weighted by Crippen LogP contribution is 2.24. The van der Waals surface area contributed by atoms with Crippen LogP contribution in [0.3, 0.4) is 0 Å². The molecule has 3 nitrogen and oxygen atoms in total. The number of hydrogen-bond acceptors (Lipinski definition) is 4. The summed E-state index contributed by atoms with van der Waals surface area (Å²) in [7, 11) is 0. The van der Waals surface area contributed by atoms with Crippen LogP contribution in [0.2, 0.25) is 0 Å². The van der Waals surface area contributed by atoms with Crippen LogP contribution in [0, 0.1) is 0 Å². The molecule has 0 saturated heterocycles. The average molecular weight is 302 g/mol. The number of thioether (sulfide) groups is 1. The summed E-state index contributed by atoms with van der Waals surface area (Å²) in [6.45, 7) is 2.01. The van der Waals surface area contributed by atoms with Crippen molar-refractivity contribution in [3.63, 3.8) is 0 Å². The van der Waals surface area contributed by atoms with Crippen LogP contribution in [0.25, 0.3) is 11.1 Å². The predicted octanol–water partition coefficient (Wildman–Crippen LogP) is 3.37. The smallest absolute Gasteiger partial charge is 0.335 e. The van der Waals surface area contributed by atoms with Gasteiger partial charge in [0.2, 0.25) is 0 Å². The van der Waals surface area contributed by atoms with E-state index in [1.54, 1.807) is 6.92 Å². The Labute approximate surface area is 129 Å². The molecule has 0 heterocycles. The van der Waals surface area contributed by atoms with Gasteiger partial charge in [0.05, 0.1) is 6.61 Å². The summed E-state index contributed by atoms with van der Waals surface area (Å²) in [5, 5.41) is 9.65. The van der Waals surface area contributed by atoms with E-state index < -0.39 is 12.1 Å². The summed E-state index contributed by atoms with van der Waals surface area (Å²) >= 11 is 1.44. The zero-order chi connectivity index (χ0) is 15.1. The topological polar surface area (TPSA) is 46.5 Å². The number of aliphatic hydroxyl groups is 1. The maximum absolute atomic E-state index is 11.3. The highest BCUT2D eigenvalue weighted by Gasteiger charge is 2.16. The molecule has 1 N–H and O–H groups in total. The molecule has 0 radical (unpaired) electrons. The molecular formula is C17H18O3S. The summed E-state index contributed by atoms with van der Waals surface area (Å²) in [6, 6.07) is 18.2. The maximum Gasteiger partial charge on any atom is 0.335 e. The van der Waals surface area contributed by atoms with Crippen molar-refractivity contribution in [2.24, 2.45) is 0 Å². The zero-order valence-electron chi connectivity index (χ0n) is 11.9. The third-order valence-corrected chi connectivity index (χ3v) is 4.02. The van der Waals surface area contributed by atoms with Crippen LogP contribution >= 0.6 is 11.8 Å². The van der Waals surface area contributed by atoms with Crippen LogP contribution in [0.5, 0.6) is 0 Å². The highest BCUT2D eigenvalue weighted by atomic mass is 32.2. The van der Waals surface area contributed by atoms with Crippen molar-refractivity contribution in [2.75, 3.05) is 12.4 Å². The Kier molecular flexibility index (Phi) is 5.84. The van der Waals surface area contributed by atoms with Crippen LogP contribution in [0.15, 0.2) is 59.5 Å². The van der Waals surface area contributed by atoms with Crippen LogP contribution in [0.4, 0.5) is 0 Å². The Morgan fingerprint density at radius 2 is 1.71 bits per heavy atom. The number of aliphatic hydroxyl groups excluding tert-OH is 1. The molecule has 2 aromatic rings. The molecule has 110 valence electrons. The number of hydrogen-bond donors (Lipinski definition) is 1. The van der Waals surface area contributed by atoms with E-state index in [4.69, 9.17) is 4.74 Å². The van der Waals surface area contributed by atoms with Gasteiger partial charge in [0.1, 0.15) is 0 Å². The van der Waals surface area contributed by atoms with Crippen molar-refractivity contribution < 1.29 is 14.6 Å². The van der Waals surface area contributed by atoms with Gasteiger partial charge < -0.3 is 9.84 Å². The van der Waals surface area contributed by atoms with E-state index in [2.05, 4.69) is 12.1 Å². The van der Waals surface area contributed by atoms with E-state index in [1.807, 2.05) is 42.5 Å². The molecule has 0 aliphatic rings. The minimum Gasteiger partial charge on any atom is -0.464 e. The predicted molar refractivity (Wildman–Crippen MR) is 85.2 cm³/mol. The summed E-state index contributed by atoms with van der Waals surface area (Å²) < 4.78 is 4.77. The van der Waals surface area contributed by atoms with E-state index >= 15 is 0 Å². The molecule has 2 rings (SSSR count). The molecule has 0 amide bonds. The van der Waals surface area contributed by atoms with E-state index in [1.165, 1.54) is 17.3 Å². The van der Waals surface area contributed by atoms with Crippen molar-refractivity contribution in [1.29, 1.82) is 0 Å². The lowest BCUT2D eigenvalue weighted by Gasteiger charge is -2.09. The second-order valence-corrected chi connectivity index (χ2v) is 5.56. The lowest BCUT2D eigenvalue weighted by atomic mass is 10.1. The molecule has 0 spiro atoms. The van der Waals surface area contributed by atoms with Crippen LogP contribution in [-0.2, 0) is 9.53 Å². The van der Waals surface area contributed by atoms with Crippen LogP contribution < -0.4 is 0 Å². The summed E-state index contributed by atoms with van der Waals surface area (Å²) in [6.07, 6.45) is -1.08. The van der Waals surface area contributed by atoms with Gasteiger partial charge in [-0.2, -0.15) is 0 Å². The fraction of sp³-hybridized carbons (Fsp3) is 0.235. The Morgan fingerprint density at radius 3 is 2.33 bits per heavy atom. The number of carbonyl (C=O) groups is 1. The van der Waals surface area contributed by atoms with E-state index in [-0.39, 0.29) is 6.61 Å². The molecule has 0 aromatic heterocycles. The molecule has 0 bridgehead atoms. The summed E-state index contributed by atoms with van der Waals surface area (Å²) in [4.78, 5) is 12.3. The molecule has 2 aromatic carbocycles. The van der Waals surface area contributed by atoms with Gasteiger partial charge in [-0.15, -0.1) is 11.8 Å². The van der Waals surface area contributed by atoms with Crippen molar-refractivity contribution in [1.82, 2.24) is 0 Å². The standard InChI is InChI=1S/C17H18O3S/c1-2-20-17(19)16(18)12-21-15-10-8-14(9-11-15)13-6-4-3-5-7-13/h3-11,16,18H,2,12H2,1H3. The lowest BCUT2D eigenvalue weighted by molar-refractivity contribution is -0.151. The van der Waals surface area contributed by atoms with Crippen molar-refractivity contribution >= 4 is 17.7 Å². The van der Waals surface area contributed by atoms with Crippen molar-refractivity contribution in [3.8, 4) is 11.1 Å². The molecule has 0 saturated carbocycles. The average Bonchev–Trinajstić information content (AvgIpc) is 2.54. The molecule has 1 unspecified atom stereocenters. The fourth-order valence-corrected chi connectivity index (χ4v) is 2.67. The lowest BCUT2D eigenvalue weighted by Crippen LogP contribution is -2.25. The first-order valence-electron chi connectivity index (χ1n) is 6.83. The van der Waals surface area contributed by atoms with Gasteiger partial charge in [-0.3, -0.25) is 0 Å². The van der Waals surface area contributed by atoms with Gasteiger partial charge in [-0.05, 0) is 30.2 Å². The number of benzene rings is 2. The Bertz CT molecular complexity index is 566. The first-order chi connectivity index (χ1) is 10.2. The molecular weight excluding hydrogens is 284 g/mol. The second-order valence-electron chi connectivity index (χ2n) is 4.47. The normalized spacial score (nSPS) is 11.9. The SMILES string of the molecule is CCOC(=O)C(O)CSc1ccc(-c2ccccc2)cc1. The fourth-order valence-electron chi connectivity index (χ4n) is 1.86. The van der Waals surface area contributed by atoms with Crippen LogP contribution in [-0.4, -0.2) is 29.5 Å². The van der Waals surface area contributed by atoms with E-state index in [9.17, 15) is 9.90 Å². The molecule has 4 heteroatoms. The van der Waals surface area contributed by atoms with Gasteiger partial charge in [-0.1, -0.05) is 42.5 Å². The van der Waals surface area contributed by atoms with E-state index in [0.29, 0.717) is 5.75 Å². The van der Waals surface area contributed by atoms with Crippen molar-refractivity contribution in [3.05, 3.63) is 54.6 Å². The Balaban J connectivity index is 1.93. The van der Waals surface area contributed by atoms with Gasteiger partial charge in [0.15, 0.2) is 6.10 Å². The molecule has 0 fully saturated rings. The van der Waals surface area contributed by atoms with Gasteiger partial charge in [0.25, 0.3) is 0 Å². The number of rotatable bonds is 6. The largest absolute Gasteiger partial charge is 0.464 e. The zero-order valence-corrected chi connectivity index (χ0v) is 12.7. The number of ether oxygens (including phenoxy) is 1. The monoisotopic (exact) mass is 302 g/mol. The highest BCUT2D eigenvalue weighted by molar-refractivity contribution is 7.99. The van der Waals surface area contributed by atoms with Gasteiger partial charge in [-0.25, -0.2) is 4.79 Å². The third-order valence-electron chi connectivity index (χ3n) is 2.93. The van der Waals surface area contributed by atoms with Crippen LogP contribution in [0.1, 0.15) is 6.92 Å². The quantitative estimate of drug-likeness (QED) is 0.656. The minimum atomic E-state index is -1.08.